The summed E-state index contributed by atoms with van der Waals surface area (Å²) in [5.41, 5.74) is 0. The molecule has 13 heavy (non-hydrogen) atoms. The minimum absolute atomic E-state index is 0.0607. The Kier molecular flexibility index (Phi) is 3.70. The monoisotopic (exact) mass is 199 g/mol. The lowest BCUT2D eigenvalue weighted by Gasteiger charge is -2.02. The highest BCUT2D eigenvalue weighted by molar-refractivity contribution is 7.71. The molecule has 0 aliphatic rings. The molecular formula is C8H13N3OS. The molecule has 0 aromatic carbocycles. The Hall–Kier alpha value is -1.10. The van der Waals surface area contributed by atoms with Crippen LogP contribution in [-0.2, 0) is 11.3 Å². The summed E-state index contributed by atoms with van der Waals surface area (Å²) in [6, 6.07) is 0. The number of imidazole rings is 1. The van der Waals surface area contributed by atoms with Crippen molar-refractivity contribution in [3.8, 4) is 0 Å². The fraction of sp³-hybridized carbons (Fsp3) is 0.500. The molecule has 0 fully saturated rings. The van der Waals surface area contributed by atoms with Crippen LogP contribution in [0.4, 0.5) is 0 Å². The topological polar surface area (TPSA) is 49.8 Å². The van der Waals surface area contributed by atoms with Crippen molar-refractivity contribution in [1.82, 2.24) is 14.9 Å². The van der Waals surface area contributed by atoms with E-state index in [0.717, 1.165) is 0 Å². The number of nitrogens with zero attached hydrogens (tertiary/aromatic N) is 1. The van der Waals surface area contributed by atoms with E-state index in [1.54, 1.807) is 6.20 Å². The number of aromatic amines is 1. The number of hydrogen-bond acceptors (Lipinski definition) is 2. The van der Waals surface area contributed by atoms with Gasteiger partial charge in [0.2, 0.25) is 5.91 Å². The molecule has 0 saturated heterocycles. The highest BCUT2D eigenvalue weighted by atomic mass is 32.1. The molecule has 1 heterocycles. The van der Waals surface area contributed by atoms with Crippen LogP contribution in [0, 0.1) is 4.77 Å². The normalized spacial score (nSPS) is 9.92. The molecule has 1 aromatic heterocycles. The zero-order chi connectivity index (χ0) is 9.68. The van der Waals surface area contributed by atoms with Gasteiger partial charge in [-0.25, -0.2) is 0 Å². The first-order chi connectivity index (χ1) is 6.24. The fourth-order valence-corrected chi connectivity index (χ4v) is 1.25. The second-order valence-corrected chi connectivity index (χ2v) is 3.05. The number of aromatic nitrogens is 2. The molecule has 1 rings (SSSR count). The molecule has 4 nitrogen and oxygen atoms in total. The predicted octanol–water partition coefficient (Wildman–Crippen LogP) is 1.07. The molecule has 0 aliphatic heterocycles. The first-order valence-corrected chi connectivity index (χ1v) is 4.65. The van der Waals surface area contributed by atoms with Gasteiger partial charge in [-0.15, -0.1) is 0 Å². The molecule has 0 saturated carbocycles. The van der Waals surface area contributed by atoms with Crippen LogP contribution in [0.25, 0.3) is 0 Å². The molecule has 1 amide bonds. The van der Waals surface area contributed by atoms with Gasteiger partial charge in [-0.1, -0.05) is 0 Å². The Morgan fingerprint density at radius 3 is 3.08 bits per heavy atom. The summed E-state index contributed by atoms with van der Waals surface area (Å²) in [6.07, 6.45) is 4.07. The van der Waals surface area contributed by atoms with Crippen molar-refractivity contribution < 1.29 is 4.79 Å². The van der Waals surface area contributed by atoms with E-state index in [4.69, 9.17) is 12.2 Å². The predicted molar refractivity (Wildman–Crippen MR) is 52.9 cm³/mol. The summed E-state index contributed by atoms with van der Waals surface area (Å²) >= 11 is 4.98. The summed E-state index contributed by atoms with van der Waals surface area (Å²) in [7, 11) is 0. The van der Waals surface area contributed by atoms with Gasteiger partial charge in [0.05, 0.1) is 0 Å². The van der Waals surface area contributed by atoms with E-state index in [-0.39, 0.29) is 5.91 Å². The number of amides is 1. The molecule has 5 heteroatoms. The highest BCUT2D eigenvalue weighted by Crippen LogP contribution is 1.93. The molecule has 0 unspecified atom stereocenters. The Bertz CT molecular complexity index is 328. The van der Waals surface area contributed by atoms with E-state index >= 15 is 0 Å². The van der Waals surface area contributed by atoms with E-state index in [9.17, 15) is 4.79 Å². The zero-order valence-electron chi connectivity index (χ0n) is 7.54. The average molecular weight is 199 g/mol. The van der Waals surface area contributed by atoms with E-state index < -0.39 is 0 Å². The van der Waals surface area contributed by atoms with E-state index in [1.165, 1.54) is 0 Å². The van der Waals surface area contributed by atoms with Gasteiger partial charge in [0, 0.05) is 31.9 Å². The van der Waals surface area contributed by atoms with E-state index in [2.05, 4.69) is 10.3 Å². The van der Waals surface area contributed by atoms with Crippen molar-refractivity contribution in [1.29, 1.82) is 0 Å². The van der Waals surface area contributed by atoms with Gasteiger partial charge in [-0.3, -0.25) is 4.79 Å². The second kappa shape index (κ2) is 4.81. The van der Waals surface area contributed by atoms with Crippen LogP contribution >= 0.6 is 12.2 Å². The Labute approximate surface area is 82.0 Å². The van der Waals surface area contributed by atoms with Crippen molar-refractivity contribution in [2.45, 2.75) is 19.9 Å². The average Bonchev–Trinajstić information content (AvgIpc) is 2.48. The maximum atomic E-state index is 11.1. The van der Waals surface area contributed by atoms with Crippen LogP contribution in [0.1, 0.15) is 13.3 Å². The number of carbonyl (C=O) groups is 1. The van der Waals surface area contributed by atoms with Gasteiger partial charge in [-0.05, 0) is 19.1 Å². The third kappa shape index (κ3) is 3.02. The Balaban J connectivity index is 2.39. The number of carbonyl (C=O) groups excluding carboxylic acids is 1. The molecule has 0 aliphatic carbocycles. The molecule has 0 bridgehead atoms. The largest absolute Gasteiger partial charge is 0.356 e. The third-order valence-electron chi connectivity index (χ3n) is 1.68. The minimum atomic E-state index is 0.0607. The summed E-state index contributed by atoms with van der Waals surface area (Å²) in [5, 5.41) is 2.73. The fourth-order valence-electron chi connectivity index (χ4n) is 1.03. The second-order valence-electron chi connectivity index (χ2n) is 2.66. The first kappa shape index (κ1) is 9.98. The number of hydrogen-bond donors (Lipinski definition) is 2. The first-order valence-electron chi connectivity index (χ1n) is 4.24. The van der Waals surface area contributed by atoms with Gasteiger partial charge < -0.3 is 14.9 Å². The molecular weight excluding hydrogens is 186 g/mol. The molecule has 0 atom stereocenters. The van der Waals surface area contributed by atoms with Gasteiger partial charge in [0.15, 0.2) is 4.77 Å². The summed E-state index contributed by atoms with van der Waals surface area (Å²) in [6.45, 7) is 3.21. The molecule has 1 aromatic rings. The van der Waals surface area contributed by atoms with Gasteiger partial charge in [-0.2, -0.15) is 0 Å². The van der Waals surface area contributed by atoms with Crippen LogP contribution in [0.15, 0.2) is 12.4 Å². The molecule has 2 N–H and O–H groups in total. The minimum Gasteiger partial charge on any atom is -0.356 e. The van der Waals surface area contributed by atoms with Crippen molar-refractivity contribution in [2.24, 2.45) is 0 Å². The molecule has 0 radical (unpaired) electrons. The number of rotatable bonds is 4. The van der Waals surface area contributed by atoms with Crippen LogP contribution in [0.5, 0.6) is 0 Å². The lowest BCUT2D eigenvalue weighted by molar-refractivity contribution is -0.121. The zero-order valence-corrected chi connectivity index (χ0v) is 8.36. The summed E-state index contributed by atoms with van der Waals surface area (Å²) < 4.78 is 2.49. The van der Waals surface area contributed by atoms with Crippen molar-refractivity contribution in [2.75, 3.05) is 6.54 Å². The van der Waals surface area contributed by atoms with Crippen LogP contribution in [0.3, 0.4) is 0 Å². The third-order valence-corrected chi connectivity index (χ3v) is 2.03. The summed E-state index contributed by atoms with van der Waals surface area (Å²) in [5.74, 6) is 0.0607. The standard InChI is InChI=1S/C8H13N3OS/c1-2-9-7(12)3-5-11-6-4-10-8(11)13/h4,6H,2-3,5H2,1H3,(H,9,12)(H,10,13). The maximum absolute atomic E-state index is 11.1. The number of H-pyrrole nitrogens is 1. The van der Waals surface area contributed by atoms with Crippen LogP contribution in [-0.4, -0.2) is 22.0 Å². The van der Waals surface area contributed by atoms with Crippen molar-refractivity contribution in [3.05, 3.63) is 17.2 Å². The van der Waals surface area contributed by atoms with Crippen molar-refractivity contribution >= 4 is 18.1 Å². The van der Waals surface area contributed by atoms with E-state index in [0.29, 0.717) is 24.3 Å². The molecule has 0 spiro atoms. The molecule has 72 valence electrons. The lowest BCUT2D eigenvalue weighted by atomic mass is 10.4. The Morgan fingerprint density at radius 2 is 2.54 bits per heavy atom. The number of nitrogens with one attached hydrogen (secondary N) is 2. The van der Waals surface area contributed by atoms with E-state index in [1.807, 2.05) is 17.7 Å². The van der Waals surface area contributed by atoms with Crippen LogP contribution < -0.4 is 5.32 Å². The Morgan fingerprint density at radius 1 is 1.77 bits per heavy atom. The van der Waals surface area contributed by atoms with Crippen LogP contribution in [0.2, 0.25) is 0 Å². The van der Waals surface area contributed by atoms with Gasteiger partial charge >= 0.3 is 0 Å². The smallest absolute Gasteiger partial charge is 0.221 e. The maximum Gasteiger partial charge on any atom is 0.221 e. The SMILES string of the molecule is CCNC(=O)CCn1cc[nH]c1=S. The number of aryl methyl sites for hydroxylation is 1. The van der Waals surface area contributed by atoms with Gasteiger partial charge in [0.1, 0.15) is 0 Å². The lowest BCUT2D eigenvalue weighted by Crippen LogP contribution is -2.23. The highest BCUT2D eigenvalue weighted by Gasteiger charge is 1.99. The van der Waals surface area contributed by atoms with Crippen molar-refractivity contribution in [3.63, 3.8) is 0 Å². The van der Waals surface area contributed by atoms with Gasteiger partial charge in [0.25, 0.3) is 0 Å². The quantitative estimate of drug-likeness (QED) is 0.713. The summed E-state index contributed by atoms with van der Waals surface area (Å²) in [4.78, 5) is 14.0.